The van der Waals surface area contributed by atoms with Crippen molar-refractivity contribution in [2.75, 3.05) is 33.2 Å². The van der Waals surface area contributed by atoms with Gasteiger partial charge in [-0.1, -0.05) is 13.8 Å². The van der Waals surface area contributed by atoms with E-state index in [2.05, 4.69) is 37.6 Å². The highest BCUT2D eigenvalue weighted by Crippen LogP contribution is 2.15. The van der Waals surface area contributed by atoms with E-state index >= 15 is 0 Å². The molecule has 2 unspecified atom stereocenters. The maximum absolute atomic E-state index is 5.86. The predicted octanol–water partition coefficient (Wildman–Crippen LogP) is 1.39. The second kappa shape index (κ2) is 6.58. The first kappa shape index (κ1) is 13.9. The van der Waals surface area contributed by atoms with Crippen LogP contribution in [0.1, 0.15) is 33.6 Å². The topological polar surface area (TPSA) is 32.5 Å². The van der Waals surface area contributed by atoms with Crippen LogP contribution in [0.5, 0.6) is 0 Å². The third kappa shape index (κ3) is 4.04. The minimum absolute atomic E-state index is 0.539. The molecule has 0 aliphatic carbocycles. The summed E-state index contributed by atoms with van der Waals surface area (Å²) in [6.45, 7) is 11.3. The van der Waals surface area contributed by atoms with Gasteiger partial charge in [0.15, 0.2) is 0 Å². The standard InChI is InChI=1S/C13H29N3/c1-11(2)5-8-16-10-13(9-14)15(4)7-6-12(16)3/h11-13H,5-10,14H2,1-4H3. The quantitative estimate of drug-likeness (QED) is 0.788. The van der Waals surface area contributed by atoms with Gasteiger partial charge >= 0.3 is 0 Å². The summed E-state index contributed by atoms with van der Waals surface area (Å²) in [6, 6.07) is 1.25. The van der Waals surface area contributed by atoms with Gasteiger partial charge in [0, 0.05) is 25.2 Å². The van der Waals surface area contributed by atoms with Crippen LogP contribution < -0.4 is 5.73 Å². The molecule has 3 nitrogen and oxygen atoms in total. The summed E-state index contributed by atoms with van der Waals surface area (Å²) in [6.07, 6.45) is 2.57. The summed E-state index contributed by atoms with van der Waals surface area (Å²) in [5.74, 6) is 0.796. The molecule has 0 radical (unpaired) electrons. The fraction of sp³-hybridized carbons (Fsp3) is 1.00. The monoisotopic (exact) mass is 227 g/mol. The van der Waals surface area contributed by atoms with E-state index in [-0.39, 0.29) is 0 Å². The van der Waals surface area contributed by atoms with E-state index in [9.17, 15) is 0 Å². The predicted molar refractivity (Wildman–Crippen MR) is 70.6 cm³/mol. The third-order valence-corrected chi connectivity index (χ3v) is 3.86. The molecule has 0 aromatic heterocycles. The Morgan fingerprint density at radius 1 is 1.38 bits per heavy atom. The van der Waals surface area contributed by atoms with Crippen LogP contribution in [-0.2, 0) is 0 Å². The van der Waals surface area contributed by atoms with Crippen LogP contribution >= 0.6 is 0 Å². The summed E-state index contributed by atoms with van der Waals surface area (Å²) in [5, 5.41) is 0. The lowest BCUT2D eigenvalue weighted by molar-refractivity contribution is 0.176. The Balaban J connectivity index is 2.52. The van der Waals surface area contributed by atoms with E-state index in [1.807, 2.05) is 0 Å². The molecule has 1 fully saturated rings. The van der Waals surface area contributed by atoms with E-state index in [0.717, 1.165) is 19.0 Å². The SMILES string of the molecule is CC(C)CCN1CC(CN)N(C)CCC1C. The summed E-state index contributed by atoms with van der Waals surface area (Å²) >= 11 is 0. The van der Waals surface area contributed by atoms with Gasteiger partial charge in [0.1, 0.15) is 0 Å². The van der Waals surface area contributed by atoms with E-state index in [1.54, 1.807) is 0 Å². The van der Waals surface area contributed by atoms with Crippen LogP contribution in [0.3, 0.4) is 0 Å². The van der Waals surface area contributed by atoms with Gasteiger partial charge in [0.25, 0.3) is 0 Å². The molecular weight excluding hydrogens is 198 g/mol. The van der Waals surface area contributed by atoms with Crippen molar-refractivity contribution in [1.29, 1.82) is 0 Å². The molecule has 1 saturated heterocycles. The van der Waals surface area contributed by atoms with Gasteiger partial charge in [0.2, 0.25) is 0 Å². The molecule has 1 aliphatic rings. The lowest BCUT2D eigenvalue weighted by Gasteiger charge is -2.30. The maximum Gasteiger partial charge on any atom is 0.0342 e. The Morgan fingerprint density at radius 3 is 2.62 bits per heavy atom. The van der Waals surface area contributed by atoms with Crippen molar-refractivity contribution in [3.05, 3.63) is 0 Å². The van der Waals surface area contributed by atoms with Crippen LogP contribution in [0, 0.1) is 5.92 Å². The lowest BCUT2D eigenvalue weighted by atomic mass is 10.1. The van der Waals surface area contributed by atoms with E-state index < -0.39 is 0 Å². The Bertz CT molecular complexity index is 194. The van der Waals surface area contributed by atoms with Gasteiger partial charge in [-0.2, -0.15) is 0 Å². The first-order valence-electron chi connectivity index (χ1n) is 6.69. The van der Waals surface area contributed by atoms with Crippen molar-refractivity contribution in [3.63, 3.8) is 0 Å². The first-order valence-corrected chi connectivity index (χ1v) is 6.69. The fourth-order valence-electron chi connectivity index (χ4n) is 2.34. The number of nitrogens with two attached hydrogens (primary N) is 1. The normalized spacial score (nSPS) is 29.6. The van der Waals surface area contributed by atoms with Crippen LogP contribution in [-0.4, -0.2) is 55.1 Å². The molecule has 0 saturated carbocycles. The Hall–Kier alpha value is -0.120. The minimum Gasteiger partial charge on any atom is -0.329 e. The average molecular weight is 227 g/mol. The summed E-state index contributed by atoms with van der Waals surface area (Å²) in [7, 11) is 2.20. The molecule has 0 spiro atoms. The number of hydrogen-bond donors (Lipinski definition) is 1. The van der Waals surface area contributed by atoms with Crippen molar-refractivity contribution >= 4 is 0 Å². The van der Waals surface area contributed by atoms with Crippen LogP contribution in [0.4, 0.5) is 0 Å². The maximum atomic E-state index is 5.86. The average Bonchev–Trinajstić information content (AvgIpc) is 2.37. The van der Waals surface area contributed by atoms with Crippen molar-refractivity contribution in [2.45, 2.75) is 45.7 Å². The van der Waals surface area contributed by atoms with E-state index in [0.29, 0.717) is 12.1 Å². The zero-order valence-electron chi connectivity index (χ0n) is 11.4. The lowest BCUT2D eigenvalue weighted by Crippen LogP contribution is -2.45. The van der Waals surface area contributed by atoms with Gasteiger partial charge in [0.05, 0.1) is 0 Å². The number of likely N-dealkylation sites (N-methyl/N-ethyl adjacent to an activating group) is 1. The van der Waals surface area contributed by atoms with Gasteiger partial charge in [-0.05, 0) is 45.8 Å². The molecule has 0 bridgehead atoms. The molecule has 0 aromatic carbocycles. The van der Waals surface area contributed by atoms with Gasteiger partial charge in [-0.15, -0.1) is 0 Å². The fourth-order valence-corrected chi connectivity index (χ4v) is 2.34. The summed E-state index contributed by atoms with van der Waals surface area (Å²) < 4.78 is 0. The smallest absolute Gasteiger partial charge is 0.0342 e. The first-order chi connectivity index (χ1) is 7.54. The minimum atomic E-state index is 0.539. The summed E-state index contributed by atoms with van der Waals surface area (Å²) in [4.78, 5) is 5.05. The van der Waals surface area contributed by atoms with Crippen LogP contribution in [0.15, 0.2) is 0 Å². The van der Waals surface area contributed by atoms with Gasteiger partial charge in [-0.3, -0.25) is 4.90 Å². The molecular formula is C13H29N3. The van der Waals surface area contributed by atoms with E-state index in [1.165, 1.54) is 25.9 Å². The molecule has 1 aliphatic heterocycles. The molecule has 0 aromatic rings. The molecule has 0 amide bonds. The molecule has 1 heterocycles. The second-order valence-corrected chi connectivity index (χ2v) is 5.69. The Kier molecular flexibility index (Phi) is 5.73. The molecule has 3 heteroatoms. The Morgan fingerprint density at radius 2 is 2.06 bits per heavy atom. The summed E-state index contributed by atoms with van der Waals surface area (Å²) in [5.41, 5.74) is 5.86. The van der Waals surface area contributed by atoms with Crippen LogP contribution in [0.25, 0.3) is 0 Å². The molecule has 2 N–H and O–H groups in total. The number of hydrogen-bond acceptors (Lipinski definition) is 3. The molecule has 1 rings (SSSR count). The molecule has 96 valence electrons. The van der Waals surface area contributed by atoms with Crippen molar-refractivity contribution in [1.82, 2.24) is 9.80 Å². The van der Waals surface area contributed by atoms with E-state index in [4.69, 9.17) is 5.73 Å². The molecule has 16 heavy (non-hydrogen) atoms. The highest BCUT2D eigenvalue weighted by molar-refractivity contribution is 4.82. The highest BCUT2D eigenvalue weighted by Gasteiger charge is 2.25. The highest BCUT2D eigenvalue weighted by atomic mass is 15.2. The van der Waals surface area contributed by atoms with Gasteiger partial charge < -0.3 is 10.6 Å². The third-order valence-electron chi connectivity index (χ3n) is 3.86. The zero-order valence-corrected chi connectivity index (χ0v) is 11.4. The molecule has 2 atom stereocenters. The number of rotatable bonds is 4. The van der Waals surface area contributed by atoms with Crippen molar-refractivity contribution < 1.29 is 0 Å². The van der Waals surface area contributed by atoms with Crippen molar-refractivity contribution in [3.8, 4) is 0 Å². The van der Waals surface area contributed by atoms with Gasteiger partial charge in [-0.25, -0.2) is 0 Å². The largest absolute Gasteiger partial charge is 0.329 e. The van der Waals surface area contributed by atoms with Crippen molar-refractivity contribution in [2.24, 2.45) is 11.7 Å². The Labute approximate surface area is 101 Å². The zero-order chi connectivity index (χ0) is 12.1. The van der Waals surface area contributed by atoms with Crippen LogP contribution in [0.2, 0.25) is 0 Å². The second-order valence-electron chi connectivity index (χ2n) is 5.69. The number of nitrogens with zero attached hydrogens (tertiary/aromatic N) is 2.